The van der Waals surface area contributed by atoms with Crippen molar-refractivity contribution in [2.24, 2.45) is 5.41 Å². The first-order chi connectivity index (χ1) is 11.0. The van der Waals surface area contributed by atoms with Gasteiger partial charge in [0, 0.05) is 10.9 Å². The summed E-state index contributed by atoms with van der Waals surface area (Å²) in [7, 11) is -3.78. The van der Waals surface area contributed by atoms with Crippen LogP contribution in [0.15, 0.2) is 59.5 Å². The summed E-state index contributed by atoms with van der Waals surface area (Å²) < 4.78 is 25.7. The van der Waals surface area contributed by atoms with Crippen molar-refractivity contribution in [2.45, 2.75) is 16.1 Å². The molecule has 2 atom stereocenters. The number of halogens is 1. The molecule has 0 radical (unpaired) electrons. The minimum atomic E-state index is -3.78. The van der Waals surface area contributed by atoms with Crippen LogP contribution in [0.4, 0.5) is 0 Å². The second-order valence-corrected chi connectivity index (χ2v) is 7.91. The van der Waals surface area contributed by atoms with Crippen LogP contribution in [0.1, 0.15) is 11.5 Å². The molecule has 0 bridgehead atoms. The molecule has 0 aliphatic heterocycles. The molecule has 0 heterocycles. The number of sulfone groups is 1. The average molecular weight is 343 g/mol. The van der Waals surface area contributed by atoms with E-state index in [1.807, 2.05) is 12.1 Å². The minimum Gasteiger partial charge on any atom is -0.223 e. The van der Waals surface area contributed by atoms with Gasteiger partial charge in [-0.1, -0.05) is 41.9 Å². The van der Waals surface area contributed by atoms with E-state index >= 15 is 0 Å². The maximum absolute atomic E-state index is 12.9. The van der Waals surface area contributed by atoms with Gasteiger partial charge in [-0.3, -0.25) is 0 Å². The Morgan fingerprint density at radius 3 is 2.04 bits per heavy atom. The molecular weight excluding hydrogens is 332 g/mol. The summed E-state index contributed by atoms with van der Waals surface area (Å²) in [5.41, 5.74) is -0.940. The highest BCUT2D eigenvalue weighted by Gasteiger charge is 2.73. The van der Waals surface area contributed by atoms with Crippen LogP contribution in [-0.2, 0) is 9.84 Å². The topological polar surface area (TPSA) is 81.7 Å². The first kappa shape index (κ1) is 15.6. The van der Waals surface area contributed by atoms with Gasteiger partial charge in [0.15, 0.2) is 15.3 Å². The lowest BCUT2D eigenvalue weighted by Gasteiger charge is -2.03. The fraction of sp³-hybridized carbons (Fsp3) is 0.176. The zero-order valence-corrected chi connectivity index (χ0v) is 13.4. The van der Waals surface area contributed by atoms with Crippen LogP contribution in [0, 0.1) is 28.1 Å². The third-order valence-corrected chi connectivity index (χ3v) is 6.63. The van der Waals surface area contributed by atoms with Gasteiger partial charge in [-0.15, -0.1) is 0 Å². The Balaban J connectivity index is 2.10. The van der Waals surface area contributed by atoms with Gasteiger partial charge in [-0.25, -0.2) is 8.42 Å². The summed E-state index contributed by atoms with van der Waals surface area (Å²) in [5.74, 6) is -0.681. The van der Waals surface area contributed by atoms with Crippen LogP contribution in [0.2, 0.25) is 5.02 Å². The van der Waals surface area contributed by atoms with Gasteiger partial charge < -0.3 is 0 Å². The molecule has 0 aromatic heterocycles. The Morgan fingerprint density at radius 1 is 0.957 bits per heavy atom. The Labute approximate surface area is 139 Å². The molecule has 3 rings (SSSR count). The molecule has 2 aromatic rings. The van der Waals surface area contributed by atoms with Crippen LogP contribution >= 0.6 is 11.6 Å². The van der Waals surface area contributed by atoms with Crippen LogP contribution < -0.4 is 0 Å². The smallest absolute Gasteiger partial charge is 0.184 e. The maximum atomic E-state index is 12.9. The van der Waals surface area contributed by atoms with Crippen molar-refractivity contribution in [1.82, 2.24) is 0 Å². The highest BCUT2D eigenvalue weighted by atomic mass is 35.5. The quantitative estimate of drug-likeness (QED) is 0.856. The lowest BCUT2D eigenvalue weighted by molar-refractivity contribution is 0.591. The van der Waals surface area contributed by atoms with E-state index in [1.165, 1.54) is 12.1 Å². The van der Waals surface area contributed by atoms with E-state index in [9.17, 15) is 18.9 Å². The van der Waals surface area contributed by atoms with E-state index in [2.05, 4.69) is 0 Å². The molecule has 2 aromatic carbocycles. The summed E-state index contributed by atoms with van der Waals surface area (Å²) in [6.45, 7) is 0. The molecule has 1 saturated carbocycles. The van der Waals surface area contributed by atoms with Crippen LogP contribution in [0.3, 0.4) is 0 Å². The molecule has 0 N–H and O–H groups in total. The number of hydrogen-bond donors (Lipinski definition) is 0. The summed E-state index contributed by atoms with van der Waals surface area (Å²) in [4.78, 5) is 0.122. The van der Waals surface area contributed by atoms with Crippen LogP contribution in [0.5, 0.6) is 0 Å². The molecular formula is C17H11ClN2O2S. The van der Waals surface area contributed by atoms with Crippen molar-refractivity contribution in [2.75, 3.05) is 0 Å². The second kappa shape index (κ2) is 5.38. The van der Waals surface area contributed by atoms with Gasteiger partial charge in [-0.2, -0.15) is 10.5 Å². The third-order valence-electron chi connectivity index (χ3n) is 4.14. The molecule has 1 aliphatic rings. The Morgan fingerprint density at radius 2 is 1.52 bits per heavy atom. The Hall–Kier alpha value is -2.34. The SMILES string of the molecule is N#CC1(C#N)[C@H](c2ccc(Cl)cc2)[C@@H]1S(=O)(=O)c1ccccc1. The molecule has 114 valence electrons. The number of hydrogen-bond acceptors (Lipinski definition) is 4. The molecule has 0 unspecified atom stereocenters. The highest BCUT2D eigenvalue weighted by molar-refractivity contribution is 7.92. The van der Waals surface area contributed by atoms with Gasteiger partial charge in [0.25, 0.3) is 0 Å². The lowest BCUT2D eigenvalue weighted by atomic mass is 10.0. The zero-order valence-electron chi connectivity index (χ0n) is 11.8. The normalized spacial score (nSPS) is 21.9. The van der Waals surface area contributed by atoms with Gasteiger partial charge >= 0.3 is 0 Å². The van der Waals surface area contributed by atoms with Gasteiger partial charge in [0.1, 0.15) is 5.25 Å². The van der Waals surface area contributed by atoms with Crippen molar-refractivity contribution in [1.29, 1.82) is 10.5 Å². The zero-order chi connectivity index (χ0) is 16.7. The van der Waals surface area contributed by atoms with E-state index in [4.69, 9.17) is 11.6 Å². The molecule has 6 heteroatoms. The largest absolute Gasteiger partial charge is 0.223 e. The molecule has 23 heavy (non-hydrogen) atoms. The first-order valence-electron chi connectivity index (χ1n) is 6.84. The molecule has 4 nitrogen and oxygen atoms in total. The summed E-state index contributed by atoms with van der Waals surface area (Å²) in [5, 5.41) is 18.4. The van der Waals surface area contributed by atoms with E-state index in [1.54, 1.807) is 42.5 Å². The summed E-state index contributed by atoms with van der Waals surface area (Å²) in [6.07, 6.45) is 0. The van der Waals surface area contributed by atoms with Gasteiger partial charge in [-0.05, 0) is 29.8 Å². The lowest BCUT2D eigenvalue weighted by Crippen LogP contribution is -2.14. The standard InChI is InChI=1S/C17H11ClN2O2S/c18-13-8-6-12(7-9-13)15-16(17(15,10-19)11-20)23(21,22)14-4-2-1-3-5-14/h1-9,15-16H/t15-,16+/m1/s1. The number of benzene rings is 2. The Bertz CT molecular complexity index is 911. The predicted octanol–water partition coefficient (Wildman–Crippen LogP) is 3.31. The summed E-state index contributed by atoms with van der Waals surface area (Å²) >= 11 is 5.85. The molecule has 0 saturated heterocycles. The van der Waals surface area contributed by atoms with Crippen molar-refractivity contribution >= 4 is 21.4 Å². The van der Waals surface area contributed by atoms with Crippen LogP contribution in [0.25, 0.3) is 0 Å². The van der Waals surface area contributed by atoms with E-state index < -0.39 is 26.4 Å². The number of rotatable bonds is 3. The van der Waals surface area contributed by atoms with Gasteiger partial charge in [0.05, 0.1) is 17.0 Å². The molecule has 1 fully saturated rings. The molecule has 1 aliphatic carbocycles. The third kappa shape index (κ3) is 2.30. The summed E-state index contributed by atoms with van der Waals surface area (Å²) in [6, 6.07) is 18.3. The van der Waals surface area contributed by atoms with Crippen molar-refractivity contribution in [3.8, 4) is 12.1 Å². The molecule has 0 amide bonds. The van der Waals surface area contributed by atoms with Crippen LogP contribution in [-0.4, -0.2) is 13.7 Å². The average Bonchev–Trinajstić information content (AvgIpc) is 3.27. The highest BCUT2D eigenvalue weighted by Crippen LogP contribution is 2.63. The van der Waals surface area contributed by atoms with Gasteiger partial charge in [0.2, 0.25) is 0 Å². The second-order valence-electron chi connectivity index (χ2n) is 5.40. The first-order valence-corrected chi connectivity index (χ1v) is 8.77. The monoisotopic (exact) mass is 342 g/mol. The van der Waals surface area contributed by atoms with E-state index in [-0.39, 0.29) is 4.90 Å². The van der Waals surface area contributed by atoms with E-state index in [0.29, 0.717) is 10.6 Å². The fourth-order valence-corrected chi connectivity index (χ4v) is 5.28. The van der Waals surface area contributed by atoms with E-state index in [0.717, 1.165) is 0 Å². The maximum Gasteiger partial charge on any atom is 0.184 e. The number of nitriles is 2. The van der Waals surface area contributed by atoms with Crippen molar-refractivity contribution in [3.63, 3.8) is 0 Å². The fourth-order valence-electron chi connectivity index (χ4n) is 2.94. The Kier molecular flexibility index (Phi) is 3.64. The molecule has 0 spiro atoms. The minimum absolute atomic E-state index is 0.122. The van der Waals surface area contributed by atoms with Crippen molar-refractivity contribution < 1.29 is 8.42 Å². The predicted molar refractivity (Wildman–Crippen MR) is 85.3 cm³/mol. The number of nitrogens with zero attached hydrogens (tertiary/aromatic N) is 2. The van der Waals surface area contributed by atoms with Crippen molar-refractivity contribution in [3.05, 3.63) is 65.2 Å².